The number of hydrogen-bond donors (Lipinski definition) is 1. The predicted molar refractivity (Wildman–Crippen MR) is 115 cm³/mol. The highest BCUT2D eigenvalue weighted by Crippen LogP contribution is 2.33. The zero-order valence-corrected chi connectivity index (χ0v) is 18.7. The van der Waals surface area contributed by atoms with E-state index in [1.807, 2.05) is 18.2 Å². The third kappa shape index (κ3) is 4.08. The molecule has 1 aromatic rings. The Morgan fingerprint density at radius 1 is 1.34 bits per heavy atom. The van der Waals surface area contributed by atoms with Gasteiger partial charge in [0.25, 0.3) is 0 Å². The molecule has 0 radical (unpaired) electrons. The maximum Gasteiger partial charge on any atom is 0.246 e. The molecule has 3 aliphatic rings. The number of likely N-dealkylation sites (tertiary alicyclic amines) is 1. The maximum absolute atomic E-state index is 14.4. The maximum atomic E-state index is 14.4. The monoisotopic (exact) mass is 440 g/mol. The number of carbonyl (C=O) groups is 3. The van der Waals surface area contributed by atoms with Crippen LogP contribution in [0.2, 0.25) is 0 Å². The van der Waals surface area contributed by atoms with Gasteiger partial charge in [-0.2, -0.15) is 5.26 Å². The molecular weight excluding hydrogens is 411 g/mol. The van der Waals surface area contributed by atoms with Gasteiger partial charge in [0, 0.05) is 31.8 Å². The summed E-state index contributed by atoms with van der Waals surface area (Å²) < 4.78 is 14.4. The van der Waals surface area contributed by atoms with Gasteiger partial charge in [-0.3, -0.25) is 14.4 Å². The molecule has 32 heavy (non-hydrogen) atoms. The first-order valence-electron chi connectivity index (χ1n) is 11.2. The van der Waals surface area contributed by atoms with Crippen molar-refractivity contribution in [1.29, 1.82) is 5.26 Å². The van der Waals surface area contributed by atoms with Crippen LogP contribution in [0.4, 0.5) is 4.39 Å². The van der Waals surface area contributed by atoms with Crippen LogP contribution in [0.25, 0.3) is 0 Å². The summed E-state index contributed by atoms with van der Waals surface area (Å²) in [5.74, 6) is -1.15. The number of halogens is 1. The van der Waals surface area contributed by atoms with Crippen molar-refractivity contribution in [3.63, 3.8) is 0 Å². The fourth-order valence-electron chi connectivity index (χ4n) is 5.17. The highest BCUT2D eigenvalue weighted by Gasteiger charge is 2.47. The van der Waals surface area contributed by atoms with E-state index in [9.17, 15) is 24.0 Å². The van der Waals surface area contributed by atoms with Gasteiger partial charge in [0.1, 0.15) is 17.8 Å². The molecule has 0 bridgehead atoms. The van der Waals surface area contributed by atoms with Crippen LogP contribution in [-0.4, -0.2) is 51.8 Å². The van der Waals surface area contributed by atoms with Crippen LogP contribution in [0.3, 0.4) is 0 Å². The topological polar surface area (TPSA) is 93.5 Å². The molecule has 4 rings (SSSR count). The van der Waals surface area contributed by atoms with Crippen molar-refractivity contribution in [2.45, 2.75) is 76.8 Å². The van der Waals surface area contributed by atoms with Crippen LogP contribution in [0.1, 0.15) is 62.6 Å². The predicted octanol–water partition coefficient (Wildman–Crippen LogP) is 2.40. The minimum absolute atomic E-state index is 0.0309. The number of fused-ring (bicyclic) bond motifs is 1. The fraction of sp³-hybridized carbons (Fsp3) is 0.583. The first-order valence-corrected chi connectivity index (χ1v) is 11.2. The molecule has 3 amide bonds. The Morgan fingerprint density at radius 3 is 2.78 bits per heavy atom. The standard InChI is InChI=1S/C24H29FN4O3/c1-14(2)18-6-4-5-15-11-28(12-19(15)18)21(30)8-16-7-20(27-22(16)31)23(32)29-13-24(3,25)9-17(29)10-26/h4-6,14,16-17,20H,7-9,11-13H2,1-3H3,(H,27,31)/t16-,17-,20?,24?/m0/s1. The normalized spacial score (nSPS) is 29.2. The molecule has 3 aliphatic heterocycles. The average Bonchev–Trinajstić information content (AvgIpc) is 3.41. The molecule has 170 valence electrons. The summed E-state index contributed by atoms with van der Waals surface area (Å²) in [6, 6.07) is 6.45. The second-order valence-electron chi connectivity index (χ2n) is 9.82. The number of rotatable bonds is 4. The Balaban J connectivity index is 1.38. The van der Waals surface area contributed by atoms with Crippen molar-refractivity contribution in [2.24, 2.45) is 5.92 Å². The van der Waals surface area contributed by atoms with Gasteiger partial charge >= 0.3 is 0 Å². The summed E-state index contributed by atoms with van der Waals surface area (Å²) in [6.07, 6.45) is 0.175. The molecule has 0 aromatic heterocycles. The van der Waals surface area contributed by atoms with Crippen molar-refractivity contribution < 1.29 is 18.8 Å². The summed E-state index contributed by atoms with van der Waals surface area (Å²) in [5.41, 5.74) is 1.94. The van der Waals surface area contributed by atoms with E-state index >= 15 is 0 Å². The molecule has 3 heterocycles. The van der Waals surface area contributed by atoms with Gasteiger partial charge in [-0.25, -0.2) is 4.39 Å². The molecule has 0 saturated carbocycles. The van der Waals surface area contributed by atoms with Gasteiger partial charge in [0.2, 0.25) is 17.7 Å². The van der Waals surface area contributed by atoms with Gasteiger partial charge < -0.3 is 15.1 Å². The summed E-state index contributed by atoms with van der Waals surface area (Å²) in [6.45, 7) is 6.53. The Morgan fingerprint density at radius 2 is 2.09 bits per heavy atom. The van der Waals surface area contributed by atoms with Crippen LogP contribution in [0, 0.1) is 17.2 Å². The van der Waals surface area contributed by atoms with Crippen molar-refractivity contribution >= 4 is 17.7 Å². The van der Waals surface area contributed by atoms with Crippen LogP contribution in [0.5, 0.6) is 0 Å². The van der Waals surface area contributed by atoms with E-state index in [4.69, 9.17) is 0 Å². The lowest BCUT2D eigenvalue weighted by Crippen LogP contribution is -2.46. The Bertz CT molecular complexity index is 999. The van der Waals surface area contributed by atoms with E-state index in [-0.39, 0.29) is 37.6 Å². The van der Waals surface area contributed by atoms with E-state index in [0.29, 0.717) is 19.0 Å². The summed E-state index contributed by atoms with van der Waals surface area (Å²) in [7, 11) is 0. The van der Waals surface area contributed by atoms with Gasteiger partial charge in [0.15, 0.2) is 0 Å². The molecule has 0 aliphatic carbocycles. The average molecular weight is 441 g/mol. The Hall–Kier alpha value is -2.95. The third-order valence-electron chi connectivity index (χ3n) is 6.85. The van der Waals surface area contributed by atoms with Gasteiger partial charge in [-0.1, -0.05) is 32.0 Å². The highest BCUT2D eigenvalue weighted by atomic mass is 19.1. The molecule has 2 fully saturated rings. The van der Waals surface area contributed by atoms with Gasteiger partial charge in [0.05, 0.1) is 12.6 Å². The van der Waals surface area contributed by atoms with E-state index in [2.05, 4.69) is 25.2 Å². The van der Waals surface area contributed by atoms with Crippen LogP contribution < -0.4 is 5.32 Å². The molecule has 1 N–H and O–H groups in total. The molecule has 2 saturated heterocycles. The summed E-state index contributed by atoms with van der Waals surface area (Å²) in [4.78, 5) is 41.3. The zero-order chi connectivity index (χ0) is 23.2. The molecule has 2 unspecified atom stereocenters. The highest BCUT2D eigenvalue weighted by molar-refractivity contribution is 5.94. The first kappa shape index (κ1) is 22.3. The number of amides is 3. The second-order valence-corrected chi connectivity index (χ2v) is 9.82. The van der Waals surface area contributed by atoms with E-state index in [1.165, 1.54) is 23.0 Å². The molecule has 0 spiro atoms. The number of alkyl halides is 1. The summed E-state index contributed by atoms with van der Waals surface area (Å²) >= 11 is 0. The quantitative estimate of drug-likeness (QED) is 0.778. The first-order chi connectivity index (χ1) is 15.1. The third-order valence-corrected chi connectivity index (χ3v) is 6.85. The molecular formula is C24H29FN4O3. The van der Waals surface area contributed by atoms with E-state index in [1.54, 1.807) is 4.90 Å². The lowest BCUT2D eigenvalue weighted by atomic mass is 9.95. The number of nitriles is 1. The van der Waals surface area contributed by atoms with Crippen LogP contribution in [0.15, 0.2) is 18.2 Å². The number of nitrogens with one attached hydrogen (secondary N) is 1. The van der Waals surface area contributed by atoms with Crippen molar-refractivity contribution in [2.75, 3.05) is 6.54 Å². The Labute approximate surface area is 187 Å². The molecule has 4 atom stereocenters. The number of hydrogen-bond acceptors (Lipinski definition) is 4. The van der Waals surface area contributed by atoms with Crippen molar-refractivity contribution in [1.82, 2.24) is 15.1 Å². The summed E-state index contributed by atoms with van der Waals surface area (Å²) in [5, 5.41) is 11.9. The lowest BCUT2D eigenvalue weighted by Gasteiger charge is -2.23. The number of benzene rings is 1. The van der Waals surface area contributed by atoms with Crippen LogP contribution in [-0.2, 0) is 27.5 Å². The Kier molecular flexibility index (Phi) is 5.70. The van der Waals surface area contributed by atoms with Gasteiger partial charge in [-0.15, -0.1) is 0 Å². The minimum atomic E-state index is -1.62. The van der Waals surface area contributed by atoms with Crippen LogP contribution >= 0.6 is 0 Å². The fourth-order valence-corrected chi connectivity index (χ4v) is 5.17. The minimum Gasteiger partial charge on any atom is -0.344 e. The van der Waals surface area contributed by atoms with E-state index in [0.717, 1.165) is 5.56 Å². The second kappa shape index (κ2) is 8.19. The van der Waals surface area contributed by atoms with E-state index < -0.39 is 29.6 Å². The lowest BCUT2D eigenvalue weighted by molar-refractivity contribution is -0.135. The molecule has 8 heteroatoms. The largest absolute Gasteiger partial charge is 0.344 e. The smallest absolute Gasteiger partial charge is 0.246 e. The number of carbonyl (C=O) groups excluding carboxylic acids is 3. The molecule has 1 aromatic carbocycles. The van der Waals surface area contributed by atoms with Gasteiger partial charge in [-0.05, 0) is 36.0 Å². The number of nitrogens with zero attached hydrogens (tertiary/aromatic N) is 3. The molecule has 7 nitrogen and oxygen atoms in total. The zero-order valence-electron chi connectivity index (χ0n) is 18.7. The van der Waals surface area contributed by atoms with Crippen molar-refractivity contribution in [3.8, 4) is 6.07 Å². The SMILES string of the molecule is CC(C)c1cccc2c1CN(C(=O)C[C@@H]1CC(C(=O)N3CC(C)(F)C[C@H]3C#N)NC1=O)C2. The van der Waals surface area contributed by atoms with Crippen molar-refractivity contribution in [3.05, 3.63) is 34.9 Å².